The molecule has 0 aliphatic carbocycles. The maximum Gasteiger partial charge on any atom is 0.335 e. The Bertz CT molecular complexity index is 1390. The number of anilines is 2. The van der Waals surface area contributed by atoms with Gasteiger partial charge in [-0.1, -0.05) is 18.2 Å². The molecule has 0 saturated carbocycles. The van der Waals surface area contributed by atoms with Crippen LogP contribution in [-0.4, -0.2) is 41.3 Å². The molecule has 1 fully saturated rings. The summed E-state index contributed by atoms with van der Waals surface area (Å²) in [6, 6.07) is 14.7. The normalized spacial score (nSPS) is 15.6. The number of ether oxygens (including phenoxy) is 2. The van der Waals surface area contributed by atoms with Crippen molar-refractivity contribution in [3.63, 3.8) is 0 Å². The Labute approximate surface area is 208 Å². The van der Waals surface area contributed by atoms with E-state index >= 15 is 0 Å². The van der Waals surface area contributed by atoms with E-state index in [4.69, 9.17) is 9.47 Å². The summed E-state index contributed by atoms with van der Waals surface area (Å²) in [4.78, 5) is 41.4. The summed E-state index contributed by atoms with van der Waals surface area (Å²) in [5.74, 6) is 1.08. The highest BCUT2D eigenvalue weighted by Gasteiger charge is 2.29. The predicted molar refractivity (Wildman–Crippen MR) is 138 cm³/mol. The van der Waals surface area contributed by atoms with Gasteiger partial charge in [0.1, 0.15) is 18.9 Å². The van der Waals surface area contributed by atoms with Gasteiger partial charge in [0, 0.05) is 37.3 Å². The van der Waals surface area contributed by atoms with Crippen molar-refractivity contribution in [2.24, 2.45) is 5.92 Å². The minimum atomic E-state index is -0.344. The van der Waals surface area contributed by atoms with Crippen LogP contribution in [0.4, 0.5) is 11.4 Å². The van der Waals surface area contributed by atoms with Crippen LogP contribution in [0.3, 0.4) is 0 Å². The van der Waals surface area contributed by atoms with Gasteiger partial charge < -0.3 is 19.7 Å². The first-order valence-corrected chi connectivity index (χ1v) is 12.3. The molecule has 9 heteroatoms. The molecule has 0 spiro atoms. The van der Waals surface area contributed by atoms with Crippen molar-refractivity contribution in [1.29, 1.82) is 0 Å². The Hall–Kier alpha value is -4.01. The highest BCUT2D eigenvalue weighted by atomic mass is 16.6. The van der Waals surface area contributed by atoms with Gasteiger partial charge in [0.05, 0.1) is 11.4 Å². The van der Waals surface area contributed by atoms with Crippen LogP contribution >= 0.6 is 0 Å². The summed E-state index contributed by atoms with van der Waals surface area (Å²) in [6.07, 6.45) is 1.21. The van der Waals surface area contributed by atoms with Crippen molar-refractivity contribution >= 4 is 17.3 Å². The molecule has 2 aliphatic heterocycles. The van der Waals surface area contributed by atoms with Crippen molar-refractivity contribution in [3.8, 4) is 17.2 Å². The van der Waals surface area contributed by atoms with Crippen LogP contribution in [0.1, 0.15) is 25.5 Å². The van der Waals surface area contributed by atoms with E-state index in [1.807, 2.05) is 48.2 Å². The predicted octanol–water partition coefficient (Wildman–Crippen LogP) is 2.95. The number of rotatable bonds is 5. The first-order valence-electron chi connectivity index (χ1n) is 12.3. The zero-order valence-electron chi connectivity index (χ0n) is 20.5. The number of para-hydroxylation sites is 1. The molecule has 0 bridgehead atoms. The monoisotopic (exact) mass is 490 g/mol. The molecule has 1 aromatic heterocycles. The van der Waals surface area contributed by atoms with Crippen LogP contribution < -0.4 is 30.9 Å². The van der Waals surface area contributed by atoms with Gasteiger partial charge in [0.15, 0.2) is 11.5 Å². The highest BCUT2D eigenvalue weighted by molar-refractivity contribution is 5.93. The van der Waals surface area contributed by atoms with Crippen LogP contribution in [0.25, 0.3) is 5.69 Å². The fourth-order valence-electron chi connectivity index (χ4n) is 4.99. The van der Waals surface area contributed by atoms with Gasteiger partial charge in [-0.15, -0.1) is 0 Å². The third-order valence-corrected chi connectivity index (χ3v) is 6.87. The van der Waals surface area contributed by atoms with Crippen molar-refractivity contribution in [1.82, 2.24) is 9.13 Å². The van der Waals surface area contributed by atoms with Gasteiger partial charge >= 0.3 is 5.69 Å². The lowest BCUT2D eigenvalue weighted by molar-refractivity contribution is -0.120. The molecule has 36 heavy (non-hydrogen) atoms. The molecule has 1 saturated heterocycles. The molecule has 0 radical (unpaired) electrons. The minimum absolute atomic E-state index is 0.0525. The Morgan fingerprint density at radius 1 is 1.00 bits per heavy atom. The van der Waals surface area contributed by atoms with Gasteiger partial charge in [-0.2, -0.15) is 0 Å². The number of carbonyl (C=O) groups is 1. The molecule has 2 aromatic carbocycles. The first-order chi connectivity index (χ1) is 17.5. The smallest absolute Gasteiger partial charge is 0.335 e. The number of piperidine rings is 1. The fraction of sp³-hybridized carbons (Fsp3) is 0.370. The lowest BCUT2D eigenvalue weighted by atomic mass is 9.95. The highest BCUT2D eigenvalue weighted by Crippen LogP contribution is 2.33. The van der Waals surface area contributed by atoms with Gasteiger partial charge in [0.2, 0.25) is 5.91 Å². The number of fused-ring (bicyclic) bond motifs is 1. The van der Waals surface area contributed by atoms with Gasteiger partial charge in [-0.05, 0) is 51.0 Å². The van der Waals surface area contributed by atoms with E-state index in [0.29, 0.717) is 67.7 Å². The van der Waals surface area contributed by atoms with E-state index in [0.717, 1.165) is 5.69 Å². The van der Waals surface area contributed by atoms with Crippen molar-refractivity contribution in [2.75, 3.05) is 36.5 Å². The van der Waals surface area contributed by atoms with Crippen LogP contribution in [0.5, 0.6) is 11.5 Å². The molecular weight excluding hydrogens is 460 g/mol. The van der Waals surface area contributed by atoms with Crippen LogP contribution in [-0.2, 0) is 11.3 Å². The molecule has 9 nitrogen and oxygen atoms in total. The van der Waals surface area contributed by atoms with E-state index < -0.39 is 0 Å². The molecule has 3 aromatic rings. The Morgan fingerprint density at radius 3 is 2.39 bits per heavy atom. The number of benzene rings is 2. The van der Waals surface area contributed by atoms with Gasteiger partial charge in [0.25, 0.3) is 5.56 Å². The average molecular weight is 491 g/mol. The van der Waals surface area contributed by atoms with Crippen molar-refractivity contribution in [3.05, 3.63) is 75.1 Å². The second-order valence-electron chi connectivity index (χ2n) is 9.05. The number of nitrogens with zero attached hydrogens (tertiary/aromatic N) is 3. The zero-order chi connectivity index (χ0) is 25.2. The summed E-state index contributed by atoms with van der Waals surface area (Å²) >= 11 is 0. The van der Waals surface area contributed by atoms with Crippen LogP contribution in [0, 0.1) is 12.8 Å². The Kier molecular flexibility index (Phi) is 6.54. The standard InChI is InChI=1S/C27H30N4O5/c1-3-30-26(33)24(18(2)31(27(30)34)21-7-5-4-6-8-21)29-13-11-19(12-14-29)25(32)28-20-9-10-22-23(17-20)36-16-15-35-22/h4-10,17,19H,3,11-16H2,1-2H3,(H,28,32). The second kappa shape index (κ2) is 9.93. The number of nitrogens with one attached hydrogen (secondary N) is 1. The Balaban J connectivity index is 1.34. The topological polar surface area (TPSA) is 94.8 Å². The number of carbonyl (C=O) groups excluding carboxylic acids is 1. The molecule has 2 aliphatic rings. The second-order valence-corrected chi connectivity index (χ2v) is 9.05. The number of hydrogen-bond donors (Lipinski definition) is 1. The molecular formula is C27H30N4O5. The lowest BCUT2D eigenvalue weighted by Gasteiger charge is -2.34. The van der Waals surface area contributed by atoms with E-state index in [1.165, 1.54) is 4.57 Å². The molecule has 188 valence electrons. The lowest BCUT2D eigenvalue weighted by Crippen LogP contribution is -2.46. The molecule has 1 N–H and O–H groups in total. The van der Waals surface area contributed by atoms with Crippen LogP contribution in [0.2, 0.25) is 0 Å². The fourth-order valence-corrected chi connectivity index (χ4v) is 4.99. The summed E-state index contributed by atoms with van der Waals surface area (Å²) in [6.45, 7) is 5.99. The number of hydrogen-bond acceptors (Lipinski definition) is 6. The third kappa shape index (κ3) is 4.36. The molecule has 0 atom stereocenters. The molecule has 0 unspecified atom stereocenters. The molecule has 1 amide bonds. The van der Waals surface area contributed by atoms with E-state index in [2.05, 4.69) is 5.32 Å². The van der Waals surface area contributed by atoms with Crippen LogP contribution in [0.15, 0.2) is 58.1 Å². The molecule has 5 rings (SSSR count). The van der Waals surface area contributed by atoms with Crippen molar-refractivity contribution < 1.29 is 14.3 Å². The molecule has 3 heterocycles. The SMILES string of the molecule is CCn1c(=O)c(N2CCC(C(=O)Nc3ccc4c(c3)OCCO4)CC2)c(C)n(-c2ccccc2)c1=O. The number of amides is 1. The third-order valence-electron chi connectivity index (χ3n) is 6.87. The van der Waals surface area contributed by atoms with Gasteiger partial charge in [-0.3, -0.25) is 18.7 Å². The summed E-state index contributed by atoms with van der Waals surface area (Å²) in [5, 5.41) is 2.99. The average Bonchev–Trinajstić information content (AvgIpc) is 2.90. The Morgan fingerprint density at radius 2 is 1.69 bits per heavy atom. The maximum atomic E-state index is 13.3. The quantitative estimate of drug-likeness (QED) is 0.591. The minimum Gasteiger partial charge on any atom is -0.486 e. The van der Waals surface area contributed by atoms with E-state index in [-0.39, 0.29) is 29.6 Å². The first kappa shape index (κ1) is 23.7. The van der Waals surface area contributed by atoms with Crippen molar-refractivity contribution in [2.45, 2.75) is 33.2 Å². The number of aromatic nitrogens is 2. The van der Waals surface area contributed by atoms with Gasteiger partial charge in [-0.25, -0.2) is 4.79 Å². The van der Waals surface area contributed by atoms with E-state index in [9.17, 15) is 14.4 Å². The maximum absolute atomic E-state index is 13.3. The zero-order valence-corrected chi connectivity index (χ0v) is 20.5. The summed E-state index contributed by atoms with van der Waals surface area (Å²) < 4.78 is 14.0. The largest absolute Gasteiger partial charge is 0.486 e. The van der Waals surface area contributed by atoms with E-state index in [1.54, 1.807) is 23.6 Å². The summed E-state index contributed by atoms with van der Waals surface area (Å²) in [7, 11) is 0. The summed E-state index contributed by atoms with van der Waals surface area (Å²) in [5.41, 5.74) is 1.89.